The normalized spacial score (nSPS) is 18.3. The van der Waals surface area contributed by atoms with Crippen molar-refractivity contribution in [2.24, 2.45) is 4.99 Å². The Morgan fingerprint density at radius 2 is 2.38 bits per heavy atom. The molecule has 1 atom stereocenters. The number of thiophene rings is 1. The zero-order chi connectivity index (χ0) is 14.0. The van der Waals surface area contributed by atoms with Gasteiger partial charge in [0.15, 0.2) is 5.96 Å². The maximum atomic E-state index is 5.62. The molecule has 6 heteroatoms. The molecule has 1 fully saturated rings. The summed E-state index contributed by atoms with van der Waals surface area (Å²) in [5.74, 6) is 0.919. The average molecular weight is 423 g/mol. The van der Waals surface area contributed by atoms with Gasteiger partial charge in [-0.2, -0.15) is 0 Å². The van der Waals surface area contributed by atoms with E-state index >= 15 is 0 Å². The Kier molecular flexibility index (Phi) is 10.0. The fraction of sp³-hybridized carbons (Fsp3) is 0.667. The van der Waals surface area contributed by atoms with E-state index in [1.807, 2.05) is 0 Å². The predicted octanol–water partition coefficient (Wildman–Crippen LogP) is 3.03. The number of ether oxygens (including phenoxy) is 1. The van der Waals surface area contributed by atoms with E-state index in [4.69, 9.17) is 4.74 Å². The van der Waals surface area contributed by atoms with Crippen molar-refractivity contribution in [2.75, 3.05) is 26.2 Å². The van der Waals surface area contributed by atoms with E-state index < -0.39 is 0 Å². The highest BCUT2D eigenvalue weighted by Crippen LogP contribution is 2.14. The van der Waals surface area contributed by atoms with Crippen molar-refractivity contribution in [3.63, 3.8) is 0 Å². The van der Waals surface area contributed by atoms with Crippen molar-refractivity contribution >= 4 is 41.3 Å². The molecule has 2 heterocycles. The van der Waals surface area contributed by atoms with Crippen LogP contribution in [-0.4, -0.2) is 38.3 Å². The summed E-state index contributed by atoms with van der Waals surface area (Å²) in [6, 6.07) is 4.27. The van der Waals surface area contributed by atoms with Gasteiger partial charge in [0.1, 0.15) is 0 Å². The number of guanidine groups is 1. The van der Waals surface area contributed by atoms with Gasteiger partial charge in [-0.25, -0.2) is 0 Å². The zero-order valence-electron chi connectivity index (χ0n) is 12.6. The van der Waals surface area contributed by atoms with Crippen LogP contribution in [0.4, 0.5) is 0 Å². The average Bonchev–Trinajstić information content (AvgIpc) is 3.11. The molecule has 1 saturated heterocycles. The Labute approximate surface area is 148 Å². The van der Waals surface area contributed by atoms with Crippen LogP contribution in [0, 0.1) is 0 Å². The minimum Gasteiger partial charge on any atom is -0.378 e. The molecule has 0 aromatic carbocycles. The monoisotopic (exact) mass is 423 g/mol. The van der Waals surface area contributed by atoms with Crippen molar-refractivity contribution in [3.8, 4) is 0 Å². The first kappa shape index (κ1) is 18.7. The minimum atomic E-state index is 0. The second kappa shape index (κ2) is 11.3. The third-order valence-electron chi connectivity index (χ3n) is 3.33. The molecule has 0 spiro atoms. The SMILES string of the molecule is CCNC(=NCCC1CCCO1)NCCc1cccs1.I. The van der Waals surface area contributed by atoms with Crippen LogP contribution in [0.5, 0.6) is 0 Å². The molecule has 120 valence electrons. The van der Waals surface area contributed by atoms with Gasteiger partial charge in [0, 0.05) is 31.1 Å². The number of nitrogens with one attached hydrogen (secondary N) is 2. The highest BCUT2D eigenvalue weighted by molar-refractivity contribution is 14.0. The van der Waals surface area contributed by atoms with E-state index in [0.717, 1.165) is 45.0 Å². The lowest BCUT2D eigenvalue weighted by molar-refractivity contribution is 0.106. The Hall–Kier alpha value is -0.340. The minimum absolute atomic E-state index is 0. The van der Waals surface area contributed by atoms with E-state index in [1.54, 1.807) is 11.3 Å². The highest BCUT2D eigenvalue weighted by Gasteiger charge is 2.14. The van der Waals surface area contributed by atoms with E-state index in [9.17, 15) is 0 Å². The third kappa shape index (κ3) is 7.46. The van der Waals surface area contributed by atoms with E-state index in [-0.39, 0.29) is 24.0 Å². The summed E-state index contributed by atoms with van der Waals surface area (Å²) in [6.45, 7) is 5.67. The van der Waals surface area contributed by atoms with Crippen molar-refractivity contribution < 1.29 is 4.74 Å². The molecule has 2 rings (SSSR count). The van der Waals surface area contributed by atoms with Crippen LogP contribution < -0.4 is 10.6 Å². The lowest BCUT2D eigenvalue weighted by Gasteiger charge is -2.12. The second-order valence-electron chi connectivity index (χ2n) is 4.94. The summed E-state index contributed by atoms with van der Waals surface area (Å²) in [4.78, 5) is 6.02. The lowest BCUT2D eigenvalue weighted by atomic mass is 10.2. The summed E-state index contributed by atoms with van der Waals surface area (Å²) in [5, 5.41) is 8.80. The van der Waals surface area contributed by atoms with Crippen molar-refractivity contribution in [1.29, 1.82) is 0 Å². The third-order valence-corrected chi connectivity index (χ3v) is 4.27. The van der Waals surface area contributed by atoms with Gasteiger partial charge in [0.25, 0.3) is 0 Å². The molecule has 0 bridgehead atoms. The molecule has 0 amide bonds. The zero-order valence-corrected chi connectivity index (χ0v) is 15.8. The number of hydrogen-bond acceptors (Lipinski definition) is 3. The molecule has 0 radical (unpaired) electrons. The number of halogens is 1. The van der Waals surface area contributed by atoms with Crippen LogP contribution >= 0.6 is 35.3 Å². The van der Waals surface area contributed by atoms with Gasteiger partial charge < -0.3 is 15.4 Å². The van der Waals surface area contributed by atoms with Crippen LogP contribution in [0.25, 0.3) is 0 Å². The van der Waals surface area contributed by atoms with Gasteiger partial charge in [-0.3, -0.25) is 4.99 Å². The fourth-order valence-corrected chi connectivity index (χ4v) is 3.00. The molecule has 21 heavy (non-hydrogen) atoms. The van der Waals surface area contributed by atoms with Crippen LogP contribution in [0.3, 0.4) is 0 Å². The van der Waals surface area contributed by atoms with E-state index in [2.05, 4.69) is 40.1 Å². The number of hydrogen-bond donors (Lipinski definition) is 2. The largest absolute Gasteiger partial charge is 0.378 e. The summed E-state index contributed by atoms with van der Waals surface area (Å²) in [5.41, 5.74) is 0. The van der Waals surface area contributed by atoms with Gasteiger partial charge >= 0.3 is 0 Å². The summed E-state index contributed by atoms with van der Waals surface area (Å²) >= 11 is 1.81. The number of rotatable bonds is 7. The van der Waals surface area contributed by atoms with Crippen LogP contribution in [0.15, 0.2) is 22.5 Å². The quantitative estimate of drug-likeness (QED) is 0.403. The topological polar surface area (TPSA) is 45.7 Å². The molecule has 4 nitrogen and oxygen atoms in total. The van der Waals surface area contributed by atoms with Crippen LogP contribution in [0.1, 0.15) is 31.1 Å². The molecule has 0 saturated carbocycles. The molecule has 1 unspecified atom stereocenters. The molecule has 1 aromatic heterocycles. The number of aliphatic imine (C=N–C) groups is 1. The van der Waals surface area contributed by atoms with Crippen molar-refractivity contribution in [1.82, 2.24) is 10.6 Å². The fourth-order valence-electron chi connectivity index (χ4n) is 2.29. The number of nitrogens with zero attached hydrogens (tertiary/aromatic N) is 1. The Balaban J connectivity index is 0.00000220. The molecule has 2 N–H and O–H groups in total. The van der Waals surface area contributed by atoms with E-state index in [0.29, 0.717) is 6.10 Å². The van der Waals surface area contributed by atoms with Gasteiger partial charge in [-0.1, -0.05) is 6.07 Å². The Morgan fingerprint density at radius 3 is 3.05 bits per heavy atom. The first-order chi connectivity index (χ1) is 9.88. The molecule has 1 aliphatic rings. The lowest BCUT2D eigenvalue weighted by Crippen LogP contribution is -2.38. The Morgan fingerprint density at radius 1 is 1.48 bits per heavy atom. The molecule has 1 aromatic rings. The summed E-state index contributed by atoms with van der Waals surface area (Å²) < 4.78 is 5.62. The van der Waals surface area contributed by atoms with Crippen LogP contribution in [0.2, 0.25) is 0 Å². The van der Waals surface area contributed by atoms with Gasteiger partial charge in [0.05, 0.1) is 6.10 Å². The molecular formula is C15H26IN3OS. The predicted molar refractivity (Wildman–Crippen MR) is 101 cm³/mol. The van der Waals surface area contributed by atoms with E-state index in [1.165, 1.54) is 17.7 Å². The maximum Gasteiger partial charge on any atom is 0.191 e. The van der Waals surface area contributed by atoms with Gasteiger partial charge in [-0.05, 0) is 44.1 Å². The maximum absolute atomic E-state index is 5.62. The first-order valence-electron chi connectivity index (χ1n) is 7.54. The van der Waals surface area contributed by atoms with Gasteiger partial charge in [-0.15, -0.1) is 35.3 Å². The standard InChI is InChI=1S/C15H25N3OS.HI/c1-2-16-15(17-9-7-13-5-3-11-19-13)18-10-8-14-6-4-12-20-14;/h4,6,12-13H,2-3,5,7-11H2,1H3,(H2,16,17,18);1H. The highest BCUT2D eigenvalue weighted by atomic mass is 127. The summed E-state index contributed by atoms with van der Waals surface area (Å²) in [7, 11) is 0. The first-order valence-corrected chi connectivity index (χ1v) is 8.42. The van der Waals surface area contributed by atoms with Crippen LogP contribution in [-0.2, 0) is 11.2 Å². The molecular weight excluding hydrogens is 397 g/mol. The van der Waals surface area contributed by atoms with Crippen molar-refractivity contribution in [3.05, 3.63) is 22.4 Å². The Bertz CT molecular complexity index is 392. The molecule has 1 aliphatic heterocycles. The summed E-state index contributed by atoms with van der Waals surface area (Å²) in [6.07, 6.45) is 4.90. The van der Waals surface area contributed by atoms with Crippen molar-refractivity contribution in [2.45, 2.75) is 38.7 Å². The smallest absolute Gasteiger partial charge is 0.191 e. The molecule has 0 aliphatic carbocycles. The van der Waals surface area contributed by atoms with Gasteiger partial charge in [0.2, 0.25) is 0 Å². The second-order valence-corrected chi connectivity index (χ2v) is 5.97.